The lowest BCUT2D eigenvalue weighted by molar-refractivity contribution is -0.133. The van der Waals surface area contributed by atoms with Crippen LogP contribution >= 0.6 is 0 Å². The summed E-state index contributed by atoms with van der Waals surface area (Å²) in [5.41, 5.74) is 0. The highest BCUT2D eigenvalue weighted by atomic mass is 16.2. The van der Waals surface area contributed by atoms with Gasteiger partial charge in [-0.25, -0.2) is 4.98 Å². The second-order valence-corrected chi connectivity index (χ2v) is 6.42. The van der Waals surface area contributed by atoms with Crippen molar-refractivity contribution in [2.75, 3.05) is 32.7 Å². The maximum Gasteiger partial charge on any atom is 0.236 e. The average Bonchev–Trinajstić information content (AvgIpc) is 3.03. The number of rotatable bonds is 4. The first-order chi connectivity index (χ1) is 10.3. The van der Waals surface area contributed by atoms with Crippen molar-refractivity contribution in [1.82, 2.24) is 19.4 Å². The summed E-state index contributed by atoms with van der Waals surface area (Å²) in [5.74, 6) is 1.06. The van der Waals surface area contributed by atoms with Gasteiger partial charge in [0.1, 0.15) is 0 Å². The molecule has 0 spiro atoms. The van der Waals surface area contributed by atoms with E-state index in [0.717, 1.165) is 38.6 Å². The van der Waals surface area contributed by atoms with Crippen LogP contribution in [0, 0.1) is 5.92 Å². The van der Waals surface area contributed by atoms with Crippen molar-refractivity contribution in [3.8, 4) is 0 Å². The lowest BCUT2D eigenvalue weighted by Gasteiger charge is -2.34. The fourth-order valence-corrected chi connectivity index (χ4v) is 3.45. The van der Waals surface area contributed by atoms with Crippen LogP contribution in [-0.2, 0) is 11.3 Å². The number of likely N-dealkylation sites (tertiary alicyclic amines) is 2. The van der Waals surface area contributed by atoms with Crippen LogP contribution in [0.5, 0.6) is 0 Å². The van der Waals surface area contributed by atoms with Crippen LogP contribution in [0.1, 0.15) is 32.1 Å². The van der Waals surface area contributed by atoms with Gasteiger partial charge in [0.25, 0.3) is 0 Å². The van der Waals surface area contributed by atoms with Crippen molar-refractivity contribution >= 4 is 5.91 Å². The minimum Gasteiger partial charge on any atom is -0.342 e. The summed E-state index contributed by atoms with van der Waals surface area (Å²) >= 11 is 0. The first kappa shape index (κ1) is 14.6. The van der Waals surface area contributed by atoms with Crippen LogP contribution in [-0.4, -0.2) is 58.0 Å². The third-order valence-electron chi connectivity index (χ3n) is 4.80. The molecule has 1 aromatic heterocycles. The molecule has 2 fully saturated rings. The van der Waals surface area contributed by atoms with Crippen LogP contribution in [0.15, 0.2) is 18.7 Å². The first-order valence-electron chi connectivity index (χ1n) is 8.27. The molecule has 1 aromatic rings. The number of hydrogen-bond acceptors (Lipinski definition) is 3. The molecule has 0 radical (unpaired) electrons. The number of carbonyl (C=O) groups is 1. The van der Waals surface area contributed by atoms with Crippen LogP contribution in [0.4, 0.5) is 0 Å². The zero-order chi connectivity index (χ0) is 14.5. The summed E-state index contributed by atoms with van der Waals surface area (Å²) in [6, 6.07) is 0. The Labute approximate surface area is 126 Å². The van der Waals surface area contributed by atoms with Crippen molar-refractivity contribution in [1.29, 1.82) is 0 Å². The minimum atomic E-state index is 0.336. The summed E-state index contributed by atoms with van der Waals surface area (Å²) in [4.78, 5) is 20.8. The second kappa shape index (κ2) is 7.07. The molecule has 3 heterocycles. The number of piperidine rings is 2. The molecule has 2 aliphatic heterocycles. The Balaban J connectivity index is 1.40. The SMILES string of the molecule is O=C(CN1CCC(Cn2ccnc2)CC1)N1CCCCC1. The normalized spacial score (nSPS) is 21.6. The summed E-state index contributed by atoms with van der Waals surface area (Å²) in [7, 11) is 0. The van der Waals surface area contributed by atoms with Gasteiger partial charge < -0.3 is 9.47 Å². The van der Waals surface area contributed by atoms with Crippen LogP contribution in [0.3, 0.4) is 0 Å². The summed E-state index contributed by atoms with van der Waals surface area (Å²) < 4.78 is 2.17. The molecule has 5 heteroatoms. The maximum atomic E-state index is 12.3. The molecule has 0 N–H and O–H groups in total. The Bertz CT molecular complexity index is 431. The van der Waals surface area contributed by atoms with Crippen molar-refractivity contribution in [2.45, 2.75) is 38.6 Å². The van der Waals surface area contributed by atoms with Gasteiger partial charge in [0, 0.05) is 32.0 Å². The molecule has 0 aromatic carbocycles. The maximum absolute atomic E-state index is 12.3. The lowest BCUT2D eigenvalue weighted by Crippen LogP contribution is -2.45. The standard InChI is InChI=1S/C16H26N4O/c21-16(20-7-2-1-3-8-20)13-18-9-4-15(5-10-18)12-19-11-6-17-14-19/h6,11,14-15H,1-5,7-10,12-13H2. The van der Waals surface area contributed by atoms with Gasteiger partial charge in [-0.15, -0.1) is 0 Å². The van der Waals surface area contributed by atoms with Crippen LogP contribution in [0.2, 0.25) is 0 Å². The molecular formula is C16H26N4O. The molecule has 0 atom stereocenters. The third-order valence-corrected chi connectivity index (χ3v) is 4.80. The van der Waals surface area contributed by atoms with E-state index >= 15 is 0 Å². The van der Waals surface area contributed by atoms with E-state index in [1.165, 1.54) is 32.1 Å². The molecular weight excluding hydrogens is 264 g/mol. The quantitative estimate of drug-likeness (QED) is 0.846. The summed E-state index contributed by atoms with van der Waals surface area (Å²) in [5, 5.41) is 0. The molecule has 2 aliphatic rings. The van der Waals surface area contributed by atoms with E-state index < -0.39 is 0 Å². The molecule has 0 unspecified atom stereocenters. The molecule has 116 valence electrons. The van der Waals surface area contributed by atoms with E-state index in [0.29, 0.717) is 12.5 Å². The zero-order valence-corrected chi connectivity index (χ0v) is 12.8. The van der Waals surface area contributed by atoms with E-state index in [9.17, 15) is 4.79 Å². The lowest BCUT2D eigenvalue weighted by atomic mass is 9.96. The third kappa shape index (κ3) is 4.06. The van der Waals surface area contributed by atoms with Gasteiger partial charge in [-0.1, -0.05) is 0 Å². The van der Waals surface area contributed by atoms with E-state index in [-0.39, 0.29) is 0 Å². The Morgan fingerprint density at radius 1 is 1.10 bits per heavy atom. The number of hydrogen-bond donors (Lipinski definition) is 0. The van der Waals surface area contributed by atoms with Gasteiger partial charge in [0.2, 0.25) is 5.91 Å². The number of amides is 1. The van der Waals surface area contributed by atoms with Gasteiger partial charge in [0.15, 0.2) is 0 Å². The van der Waals surface area contributed by atoms with E-state index in [2.05, 4.69) is 19.4 Å². The summed E-state index contributed by atoms with van der Waals surface area (Å²) in [6.07, 6.45) is 11.8. The van der Waals surface area contributed by atoms with Gasteiger partial charge in [0.05, 0.1) is 12.9 Å². The largest absolute Gasteiger partial charge is 0.342 e. The predicted molar refractivity (Wildman–Crippen MR) is 81.8 cm³/mol. The van der Waals surface area contributed by atoms with Gasteiger partial charge >= 0.3 is 0 Å². The number of carbonyl (C=O) groups excluding carboxylic acids is 1. The van der Waals surface area contributed by atoms with Gasteiger partial charge in [-0.05, 0) is 51.1 Å². The molecule has 3 rings (SSSR count). The summed E-state index contributed by atoms with van der Waals surface area (Å²) in [6.45, 7) is 5.73. The first-order valence-corrected chi connectivity index (χ1v) is 8.27. The molecule has 21 heavy (non-hydrogen) atoms. The molecule has 0 saturated carbocycles. The highest BCUT2D eigenvalue weighted by Gasteiger charge is 2.23. The molecule has 0 bridgehead atoms. The highest BCUT2D eigenvalue weighted by molar-refractivity contribution is 5.78. The van der Waals surface area contributed by atoms with Crippen LogP contribution in [0.25, 0.3) is 0 Å². The topological polar surface area (TPSA) is 41.4 Å². The average molecular weight is 290 g/mol. The monoisotopic (exact) mass is 290 g/mol. The number of nitrogens with zero attached hydrogens (tertiary/aromatic N) is 4. The van der Waals surface area contributed by atoms with E-state index in [1.54, 1.807) is 0 Å². The zero-order valence-electron chi connectivity index (χ0n) is 12.8. The molecule has 2 saturated heterocycles. The van der Waals surface area contributed by atoms with E-state index in [4.69, 9.17) is 0 Å². The fraction of sp³-hybridized carbons (Fsp3) is 0.750. The van der Waals surface area contributed by atoms with Crippen molar-refractivity contribution in [3.05, 3.63) is 18.7 Å². The molecule has 5 nitrogen and oxygen atoms in total. The molecule has 1 amide bonds. The van der Waals surface area contributed by atoms with Gasteiger partial charge in [-0.2, -0.15) is 0 Å². The number of imidazole rings is 1. The Kier molecular flexibility index (Phi) is 4.91. The predicted octanol–water partition coefficient (Wildman–Crippen LogP) is 1.61. The Morgan fingerprint density at radius 2 is 1.86 bits per heavy atom. The van der Waals surface area contributed by atoms with Crippen LogP contribution < -0.4 is 0 Å². The Morgan fingerprint density at radius 3 is 2.52 bits per heavy atom. The fourth-order valence-electron chi connectivity index (χ4n) is 3.45. The van der Waals surface area contributed by atoms with Crippen molar-refractivity contribution in [2.24, 2.45) is 5.92 Å². The van der Waals surface area contributed by atoms with E-state index in [1.807, 2.05) is 18.7 Å². The van der Waals surface area contributed by atoms with Crippen molar-refractivity contribution in [3.63, 3.8) is 0 Å². The Hall–Kier alpha value is -1.36. The smallest absolute Gasteiger partial charge is 0.236 e. The van der Waals surface area contributed by atoms with Crippen molar-refractivity contribution < 1.29 is 4.79 Å². The van der Waals surface area contributed by atoms with Gasteiger partial charge in [-0.3, -0.25) is 9.69 Å². The number of aromatic nitrogens is 2. The molecule has 0 aliphatic carbocycles. The minimum absolute atomic E-state index is 0.336. The second-order valence-electron chi connectivity index (χ2n) is 6.42. The highest BCUT2D eigenvalue weighted by Crippen LogP contribution is 2.19.